The molecule has 0 saturated heterocycles. The predicted octanol–water partition coefficient (Wildman–Crippen LogP) is 4.78. The van der Waals surface area contributed by atoms with E-state index in [9.17, 15) is 4.79 Å². The standard InChI is InChI=1S/C21H21N3O2/c1-3-26-20-7-5-4-6-18(20)23-17-12-13-19(22-14-17)21(25)24-16-10-8-15(2)9-11-16/h4-14,23H,3H2,1-2H3,(H,24,25). The van der Waals surface area contributed by atoms with Crippen LogP contribution in [0.3, 0.4) is 0 Å². The third kappa shape index (κ3) is 4.39. The van der Waals surface area contributed by atoms with Gasteiger partial charge in [-0.15, -0.1) is 0 Å². The van der Waals surface area contributed by atoms with E-state index in [0.717, 1.165) is 28.4 Å². The number of benzene rings is 2. The fraction of sp³-hybridized carbons (Fsp3) is 0.143. The molecular weight excluding hydrogens is 326 g/mol. The van der Waals surface area contributed by atoms with Gasteiger partial charge in [-0.25, -0.2) is 4.98 Å². The van der Waals surface area contributed by atoms with Gasteiger partial charge < -0.3 is 15.4 Å². The van der Waals surface area contributed by atoms with Crippen LogP contribution in [0.1, 0.15) is 23.0 Å². The van der Waals surface area contributed by atoms with Gasteiger partial charge in [0.05, 0.1) is 24.2 Å². The van der Waals surface area contributed by atoms with Gasteiger partial charge >= 0.3 is 0 Å². The van der Waals surface area contributed by atoms with Crippen LogP contribution in [0, 0.1) is 6.92 Å². The van der Waals surface area contributed by atoms with Crippen LogP contribution in [0.2, 0.25) is 0 Å². The number of aryl methyl sites for hydroxylation is 1. The van der Waals surface area contributed by atoms with Crippen molar-refractivity contribution in [1.82, 2.24) is 4.98 Å². The maximum Gasteiger partial charge on any atom is 0.274 e. The molecule has 0 aliphatic carbocycles. The van der Waals surface area contributed by atoms with Crippen LogP contribution in [0.5, 0.6) is 5.75 Å². The number of rotatable bonds is 6. The van der Waals surface area contributed by atoms with Crippen molar-refractivity contribution < 1.29 is 9.53 Å². The summed E-state index contributed by atoms with van der Waals surface area (Å²) in [5.74, 6) is 0.534. The van der Waals surface area contributed by atoms with E-state index in [2.05, 4.69) is 15.6 Å². The smallest absolute Gasteiger partial charge is 0.274 e. The summed E-state index contributed by atoms with van der Waals surface area (Å²) in [6.07, 6.45) is 1.63. The molecule has 5 heteroatoms. The molecule has 0 fully saturated rings. The number of nitrogens with one attached hydrogen (secondary N) is 2. The number of hydrogen-bond acceptors (Lipinski definition) is 4. The lowest BCUT2D eigenvalue weighted by molar-refractivity contribution is 0.102. The van der Waals surface area contributed by atoms with Crippen molar-refractivity contribution in [3.8, 4) is 5.75 Å². The molecule has 0 atom stereocenters. The van der Waals surface area contributed by atoms with Gasteiger partial charge in [-0.05, 0) is 50.2 Å². The minimum absolute atomic E-state index is 0.241. The van der Waals surface area contributed by atoms with Crippen LogP contribution in [-0.2, 0) is 0 Å². The molecule has 3 aromatic rings. The third-order valence-electron chi connectivity index (χ3n) is 3.77. The van der Waals surface area contributed by atoms with E-state index in [-0.39, 0.29) is 5.91 Å². The maximum atomic E-state index is 12.3. The van der Waals surface area contributed by atoms with Crippen LogP contribution in [0.15, 0.2) is 66.9 Å². The summed E-state index contributed by atoms with van der Waals surface area (Å²) in [7, 11) is 0. The Morgan fingerprint density at radius 3 is 2.42 bits per heavy atom. The molecule has 26 heavy (non-hydrogen) atoms. The van der Waals surface area contributed by atoms with Gasteiger partial charge in [0.15, 0.2) is 0 Å². The molecule has 1 amide bonds. The monoisotopic (exact) mass is 347 g/mol. The number of aromatic nitrogens is 1. The first-order chi connectivity index (χ1) is 12.7. The number of carbonyl (C=O) groups excluding carboxylic acids is 1. The molecule has 1 heterocycles. The lowest BCUT2D eigenvalue weighted by atomic mass is 10.2. The highest BCUT2D eigenvalue weighted by Crippen LogP contribution is 2.27. The van der Waals surface area contributed by atoms with Gasteiger partial charge in [0.1, 0.15) is 11.4 Å². The van der Waals surface area contributed by atoms with Crippen molar-refractivity contribution in [3.63, 3.8) is 0 Å². The summed E-state index contributed by atoms with van der Waals surface area (Å²) >= 11 is 0. The molecule has 0 spiro atoms. The van der Waals surface area contributed by atoms with Crippen molar-refractivity contribution >= 4 is 23.0 Å². The van der Waals surface area contributed by atoms with Crippen LogP contribution in [0.4, 0.5) is 17.1 Å². The second-order valence-electron chi connectivity index (χ2n) is 5.81. The zero-order valence-electron chi connectivity index (χ0n) is 14.8. The van der Waals surface area contributed by atoms with E-state index in [1.807, 2.05) is 68.4 Å². The number of para-hydroxylation sites is 2. The number of nitrogens with zero attached hydrogens (tertiary/aromatic N) is 1. The molecule has 0 bridgehead atoms. The van der Waals surface area contributed by atoms with E-state index < -0.39 is 0 Å². The topological polar surface area (TPSA) is 63.2 Å². The Morgan fingerprint density at radius 1 is 1.00 bits per heavy atom. The largest absolute Gasteiger partial charge is 0.492 e. The van der Waals surface area contributed by atoms with Crippen molar-refractivity contribution in [2.45, 2.75) is 13.8 Å². The first-order valence-corrected chi connectivity index (χ1v) is 8.48. The van der Waals surface area contributed by atoms with Gasteiger partial charge in [-0.3, -0.25) is 4.79 Å². The Bertz CT molecular complexity index is 875. The Kier molecular flexibility index (Phi) is 5.49. The van der Waals surface area contributed by atoms with Crippen molar-refractivity contribution in [2.24, 2.45) is 0 Å². The molecule has 5 nitrogen and oxygen atoms in total. The maximum absolute atomic E-state index is 12.3. The quantitative estimate of drug-likeness (QED) is 0.673. The summed E-state index contributed by atoms with van der Waals surface area (Å²) in [5.41, 5.74) is 3.88. The molecular formula is C21H21N3O2. The molecule has 2 N–H and O–H groups in total. The van der Waals surface area contributed by atoms with Crippen molar-refractivity contribution in [3.05, 3.63) is 78.1 Å². The Hall–Kier alpha value is -3.34. The molecule has 0 aliphatic heterocycles. The van der Waals surface area contributed by atoms with Gasteiger partial charge in [-0.1, -0.05) is 29.8 Å². The number of pyridine rings is 1. The van der Waals surface area contributed by atoms with Crippen LogP contribution in [0.25, 0.3) is 0 Å². The van der Waals surface area contributed by atoms with Gasteiger partial charge in [0, 0.05) is 5.69 Å². The highest BCUT2D eigenvalue weighted by atomic mass is 16.5. The van der Waals surface area contributed by atoms with E-state index in [1.165, 1.54) is 0 Å². The predicted molar refractivity (Wildman–Crippen MR) is 104 cm³/mol. The second kappa shape index (κ2) is 8.16. The average molecular weight is 347 g/mol. The van der Waals surface area contributed by atoms with Crippen LogP contribution >= 0.6 is 0 Å². The Labute approximate surface area is 153 Å². The second-order valence-corrected chi connectivity index (χ2v) is 5.81. The number of hydrogen-bond donors (Lipinski definition) is 2. The molecule has 0 aliphatic rings. The average Bonchev–Trinajstić information content (AvgIpc) is 2.66. The van der Waals surface area contributed by atoms with Crippen LogP contribution in [-0.4, -0.2) is 17.5 Å². The summed E-state index contributed by atoms with van der Waals surface area (Å²) < 4.78 is 5.60. The summed E-state index contributed by atoms with van der Waals surface area (Å²) in [5, 5.41) is 6.10. The molecule has 0 saturated carbocycles. The van der Waals surface area contributed by atoms with Crippen molar-refractivity contribution in [1.29, 1.82) is 0 Å². The lowest BCUT2D eigenvalue weighted by Gasteiger charge is -2.12. The van der Waals surface area contributed by atoms with Crippen LogP contribution < -0.4 is 15.4 Å². The minimum Gasteiger partial charge on any atom is -0.492 e. The Morgan fingerprint density at radius 2 is 1.73 bits per heavy atom. The normalized spacial score (nSPS) is 10.2. The molecule has 0 unspecified atom stereocenters. The SMILES string of the molecule is CCOc1ccccc1Nc1ccc(C(=O)Nc2ccc(C)cc2)nc1. The van der Waals surface area contributed by atoms with E-state index in [0.29, 0.717) is 12.3 Å². The number of amides is 1. The summed E-state index contributed by atoms with van der Waals surface area (Å²) in [4.78, 5) is 16.5. The third-order valence-corrected chi connectivity index (χ3v) is 3.77. The molecule has 2 aromatic carbocycles. The lowest BCUT2D eigenvalue weighted by Crippen LogP contribution is -2.13. The van der Waals surface area contributed by atoms with Gasteiger partial charge in [0.2, 0.25) is 0 Å². The first-order valence-electron chi connectivity index (χ1n) is 8.48. The fourth-order valence-electron chi connectivity index (χ4n) is 2.44. The zero-order chi connectivity index (χ0) is 18.4. The summed E-state index contributed by atoms with van der Waals surface area (Å²) in [6.45, 7) is 4.54. The fourth-order valence-corrected chi connectivity index (χ4v) is 2.44. The van der Waals surface area contributed by atoms with E-state index >= 15 is 0 Å². The molecule has 132 valence electrons. The minimum atomic E-state index is -0.241. The molecule has 0 radical (unpaired) electrons. The Balaban J connectivity index is 1.68. The number of ether oxygens (including phenoxy) is 1. The number of carbonyl (C=O) groups is 1. The molecule has 3 rings (SSSR count). The molecule has 1 aromatic heterocycles. The van der Waals surface area contributed by atoms with Crippen molar-refractivity contribution in [2.75, 3.05) is 17.2 Å². The van der Waals surface area contributed by atoms with E-state index in [4.69, 9.17) is 4.74 Å². The highest BCUT2D eigenvalue weighted by Gasteiger charge is 2.08. The van der Waals surface area contributed by atoms with E-state index in [1.54, 1.807) is 12.3 Å². The highest BCUT2D eigenvalue weighted by molar-refractivity contribution is 6.02. The van der Waals surface area contributed by atoms with Gasteiger partial charge in [0.25, 0.3) is 5.91 Å². The van der Waals surface area contributed by atoms with Gasteiger partial charge in [-0.2, -0.15) is 0 Å². The number of anilines is 3. The zero-order valence-corrected chi connectivity index (χ0v) is 14.8. The first kappa shape index (κ1) is 17.5. The summed E-state index contributed by atoms with van der Waals surface area (Å²) in [6, 6.07) is 18.8.